The second kappa shape index (κ2) is 6.62. The molecule has 0 saturated heterocycles. The van der Waals surface area contributed by atoms with E-state index in [9.17, 15) is 4.79 Å². The van der Waals surface area contributed by atoms with Gasteiger partial charge in [0.15, 0.2) is 0 Å². The van der Waals surface area contributed by atoms with Crippen LogP contribution >= 0.6 is 15.9 Å². The van der Waals surface area contributed by atoms with Crippen LogP contribution in [0, 0.1) is 5.92 Å². The van der Waals surface area contributed by atoms with Gasteiger partial charge in [-0.25, -0.2) is 4.68 Å². The zero-order valence-corrected chi connectivity index (χ0v) is 13.8. The maximum Gasteiger partial charge on any atom is 0.228 e. The van der Waals surface area contributed by atoms with Crippen LogP contribution in [0.25, 0.3) is 0 Å². The van der Waals surface area contributed by atoms with Gasteiger partial charge in [-0.05, 0) is 37.0 Å². The van der Waals surface area contributed by atoms with E-state index in [2.05, 4.69) is 26.3 Å². The molecule has 2 atom stereocenters. The van der Waals surface area contributed by atoms with Crippen LogP contribution in [0.5, 0.6) is 0 Å². The SMILES string of the molecule is NC1CCC(C(=O)Nc2ccnn2Cc2ccc(Br)cc2)C1. The van der Waals surface area contributed by atoms with Crippen LogP contribution in [0.2, 0.25) is 0 Å². The lowest BCUT2D eigenvalue weighted by Crippen LogP contribution is -2.24. The highest BCUT2D eigenvalue weighted by Crippen LogP contribution is 2.25. The zero-order valence-electron chi connectivity index (χ0n) is 12.2. The molecule has 1 heterocycles. The molecular weight excluding hydrogens is 344 g/mol. The van der Waals surface area contributed by atoms with Gasteiger partial charge >= 0.3 is 0 Å². The molecule has 0 spiro atoms. The molecule has 1 saturated carbocycles. The van der Waals surface area contributed by atoms with Crippen molar-refractivity contribution in [2.75, 3.05) is 5.32 Å². The maximum atomic E-state index is 12.3. The number of nitrogens with two attached hydrogens (primary N) is 1. The summed E-state index contributed by atoms with van der Waals surface area (Å²) in [7, 11) is 0. The summed E-state index contributed by atoms with van der Waals surface area (Å²) in [6.45, 7) is 0.625. The Bertz CT molecular complexity index is 652. The highest BCUT2D eigenvalue weighted by atomic mass is 79.9. The van der Waals surface area contributed by atoms with Gasteiger partial charge in [0.2, 0.25) is 5.91 Å². The Hall–Kier alpha value is -1.66. The van der Waals surface area contributed by atoms with Gasteiger partial charge in [-0.15, -0.1) is 0 Å². The fourth-order valence-corrected chi connectivity index (χ4v) is 3.07. The van der Waals surface area contributed by atoms with Crippen molar-refractivity contribution in [2.45, 2.75) is 31.8 Å². The first-order valence-corrected chi connectivity index (χ1v) is 8.24. The molecule has 0 aliphatic heterocycles. The molecule has 1 aliphatic rings. The first-order chi connectivity index (χ1) is 10.6. The van der Waals surface area contributed by atoms with Crippen LogP contribution in [-0.2, 0) is 11.3 Å². The Morgan fingerprint density at radius 2 is 2.09 bits per heavy atom. The molecule has 5 nitrogen and oxygen atoms in total. The summed E-state index contributed by atoms with van der Waals surface area (Å²) in [6.07, 6.45) is 4.27. The molecule has 1 fully saturated rings. The summed E-state index contributed by atoms with van der Waals surface area (Å²) in [4.78, 5) is 12.3. The first-order valence-electron chi connectivity index (χ1n) is 7.44. The number of halogens is 1. The van der Waals surface area contributed by atoms with Crippen LogP contribution in [0.15, 0.2) is 41.0 Å². The predicted molar refractivity (Wildman–Crippen MR) is 89.4 cm³/mol. The Balaban J connectivity index is 1.67. The molecule has 116 valence electrons. The van der Waals surface area contributed by atoms with E-state index in [0.29, 0.717) is 6.54 Å². The quantitative estimate of drug-likeness (QED) is 0.877. The summed E-state index contributed by atoms with van der Waals surface area (Å²) < 4.78 is 2.85. The molecule has 3 rings (SSSR count). The summed E-state index contributed by atoms with van der Waals surface area (Å²) in [6, 6.07) is 10.0. The van der Waals surface area contributed by atoms with Crippen molar-refractivity contribution < 1.29 is 4.79 Å². The maximum absolute atomic E-state index is 12.3. The number of nitrogens with one attached hydrogen (secondary N) is 1. The number of amides is 1. The van der Waals surface area contributed by atoms with E-state index >= 15 is 0 Å². The Morgan fingerprint density at radius 1 is 1.32 bits per heavy atom. The van der Waals surface area contributed by atoms with E-state index in [-0.39, 0.29) is 17.9 Å². The largest absolute Gasteiger partial charge is 0.328 e. The topological polar surface area (TPSA) is 72.9 Å². The van der Waals surface area contributed by atoms with Crippen LogP contribution in [0.3, 0.4) is 0 Å². The Morgan fingerprint density at radius 3 is 2.77 bits per heavy atom. The first kappa shape index (κ1) is 15.2. The number of anilines is 1. The van der Waals surface area contributed by atoms with Gasteiger partial charge in [0.1, 0.15) is 5.82 Å². The Kier molecular flexibility index (Phi) is 4.59. The number of carbonyl (C=O) groups excluding carboxylic acids is 1. The van der Waals surface area contributed by atoms with E-state index in [1.807, 2.05) is 30.3 Å². The number of rotatable bonds is 4. The van der Waals surface area contributed by atoms with Gasteiger partial charge in [0.25, 0.3) is 0 Å². The fourth-order valence-electron chi connectivity index (χ4n) is 2.81. The van der Waals surface area contributed by atoms with Crippen molar-refractivity contribution in [2.24, 2.45) is 11.7 Å². The smallest absolute Gasteiger partial charge is 0.228 e. The number of aromatic nitrogens is 2. The normalized spacial score (nSPS) is 21.0. The minimum Gasteiger partial charge on any atom is -0.328 e. The Labute approximate surface area is 138 Å². The molecule has 1 aliphatic carbocycles. The molecule has 1 amide bonds. The minimum absolute atomic E-state index is 0.0195. The highest BCUT2D eigenvalue weighted by Gasteiger charge is 2.28. The average Bonchev–Trinajstić information content (AvgIpc) is 3.11. The molecule has 3 N–H and O–H groups in total. The van der Waals surface area contributed by atoms with Crippen molar-refractivity contribution in [3.05, 3.63) is 46.6 Å². The molecule has 2 unspecified atom stereocenters. The van der Waals surface area contributed by atoms with Gasteiger partial charge in [-0.2, -0.15) is 5.10 Å². The second-order valence-corrected chi connectivity index (χ2v) is 6.68. The lowest BCUT2D eigenvalue weighted by Gasteiger charge is -2.12. The highest BCUT2D eigenvalue weighted by molar-refractivity contribution is 9.10. The van der Waals surface area contributed by atoms with Crippen LogP contribution < -0.4 is 11.1 Å². The molecule has 2 aromatic rings. The second-order valence-electron chi connectivity index (χ2n) is 5.76. The van der Waals surface area contributed by atoms with Crippen LogP contribution in [-0.4, -0.2) is 21.7 Å². The lowest BCUT2D eigenvalue weighted by atomic mass is 10.1. The number of hydrogen-bond acceptors (Lipinski definition) is 3. The van der Waals surface area contributed by atoms with Crippen molar-refractivity contribution in [3.63, 3.8) is 0 Å². The van der Waals surface area contributed by atoms with Gasteiger partial charge in [0, 0.05) is 22.5 Å². The van der Waals surface area contributed by atoms with Crippen molar-refractivity contribution in [1.29, 1.82) is 0 Å². The van der Waals surface area contributed by atoms with Crippen molar-refractivity contribution >= 4 is 27.7 Å². The van der Waals surface area contributed by atoms with Gasteiger partial charge in [-0.1, -0.05) is 28.1 Å². The fraction of sp³-hybridized carbons (Fsp3) is 0.375. The molecule has 0 radical (unpaired) electrons. The zero-order chi connectivity index (χ0) is 15.5. The third-order valence-corrected chi connectivity index (χ3v) is 4.59. The number of hydrogen-bond donors (Lipinski definition) is 2. The molecule has 6 heteroatoms. The van der Waals surface area contributed by atoms with Gasteiger partial charge in [0.05, 0.1) is 12.7 Å². The van der Waals surface area contributed by atoms with E-state index in [1.54, 1.807) is 10.9 Å². The van der Waals surface area contributed by atoms with Crippen molar-refractivity contribution in [3.8, 4) is 0 Å². The number of carbonyl (C=O) groups is 1. The molecule has 1 aromatic carbocycles. The number of nitrogens with zero attached hydrogens (tertiary/aromatic N) is 2. The van der Waals surface area contributed by atoms with Crippen molar-refractivity contribution in [1.82, 2.24) is 9.78 Å². The van der Waals surface area contributed by atoms with E-state index in [1.165, 1.54) is 0 Å². The van der Waals surface area contributed by atoms with E-state index < -0.39 is 0 Å². The lowest BCUT2D eigenvalue weighted by molar-refractivity contribution is -0.119. The summed E-state index contributed by atoms with van der Waals surface area (Å²) in [5.74, 6) is 0.796. The average molecular weight is 363 g/mol. The number of benzene rings is 1. The van der Waals surface area contributed by atoms with Crippen LogP contribution in [0.1, 0.15) is 24.8 Å². The predicted octanol–water partition coefficient (Wildman–Crippen LogP) is 2.76. The minimum atomic E-state index is 0.0195. The van der Waals surface area contributed by atoms with Gasteiger partial charge < -0.3 is 11.1 Å². The summed E-state index contributed by atoms with van der Waals surface area (Å²) >= 11 is 3.42. The molecular formula is C16H19BrN4O. The molecule has 22 heavy (non-hydrogen) atoms. The van der Waals surface area contributed by atoms with E-state index in [4.69, 9.17) is 5.73 Å². The molecule has 0 bridgehead atoms. The summed E-state index contributed by atoms with van der Waals surface area (Å²) in [5.41, 5.74) is 7.01. The van der Waals surface area contributed by atoms with Gasteiger partial charge in [-0.3, -0.25) is 4.79 Å². The third kappa shape index (κ3) is 3.56. The summed E-state index contributed by atoms with van der Waals surface area (Å²) in [5, 5.41) is 7.28. The van der Waals surface area contributed by atoms with E-state index in [0.717, 1.165) is 35.1 Å². The standard InChI is InChI=1S/C16H19BrN4O/c17-13-4-1-11(2-5-13)10-21-15(7-8-19-21)20-16(22)12-3-6-14(18)9-12/h1-2,4-5,7-8,12,14H,3,6,9-10,18H2,(H,20,22). The third-order valence-electron chi connectivity index (χ3n) is 4.06. The monoisotopic (exact) mass is 362 g/mol. The van der Waals surface area contributed by atoms with Crippen LogP contribution in [0.4, 0.5) is 5.82 Å². The molecule has 1 aromatic heterocycles.